The lowest BCUT2D eigenvalue weighted by molar-refractivity contribution is 0.368. The van der Waals surface area contributed by atoms with Gasteiger partial charge in [0.05, 0.1) is 12.2 Å². The average molecular weight is 457 g/mol. The smallest absolute Gasteiger partial charge is 0.191 e. The molecule has 0 aliphatic carbocycles. The van der Waals surface area contributed by atoms with Crippen molar-refractivity contribution < 1.29 is 4.52 Å². The molecule has 0 aliphatic heterocycles. The molecule has 2 heterocycles. The first-order valence-corrected chi connectivity index (χ1v) is 8.56. The molecule has 0 bridgehead atoms. The standard InChI is InChI=1S/C18H27N5O.HI/c1-4-14(5-2)17-12-16(24-23-17)13-22-18(19-3)21-11-9-15-8-6-7-10-20-15;/h6-8,10,12,14H,4-5,9,11,13H2,1-3H3,(H2,19,21,22);1H. The lowest BCUT2D eigenvalue weighted by atomic mass is 9.99. The Hall–Kier alpha value is -1.64. The first-order valence-electron chi connectivity index (χ1n) is 8.56. The van der Waals surface area contributed by atoms with E-state index in [-0.39, 0.29) is 24.0 Å². The highest BCUT2D eigenvalue weighted by molar-refractivity contribution is 14.0. The molecule has 0 amide bonds. The van der Waals surface area contributed by atoms with E-state index in [1.54, 1.807) is 7.05 Å². The highest BCUT2D eigenvalue weighted by Gasteiger charge is 2.13. The molecule has 6 nitrogen and oxygen atoms in total. The molecular formula is C18H28IN5O. The van der Waals surface area contributed by atoms with Gasteiger partial charge in [0, 0.05) is 43.9 Å². The molecule has 7 heteroatoms. The van der Waals surface area contributed by atoms with E-state index in [9.17, 15) is 0 Å². The van der Waals surface area contributed by atoms with Crippen LogP contribution in [0.4, 0.5) is 0 Å². The van der Waals surface area contributed by atoms with Crippen molar-refractivity contribution in [3.05, 3.63) is 47.6 Å². The molecular weight excluding hydrogens is 429 g/mol. The van der Waals surface area contributed by atoms with Crippen LogP contribution in [0.5, 0.6) is 0 Å². The second-order valence-corrected chi connectivity index (χ2v) is 5.66. The fraction of sp³-hybridized carbons (Fsp3) is 0.500. The number of pyridine rings is 1. The van der Waals surface area contributed by atoms with Gasteiger partial charge in [-0.15, -0.1) is 24.0 Å². The average Bonchev–Trinajstić information content (AvgIpc) is 3.08. The van der Waals surface area contributed by atoms with Crippen LogP contribution < -0.4 is 10.6 Å². The minimum absolute atomic E-state index is 0. The van der Waals surface area contributed by atoms with Gasteiger partial charge in [0.15, 0.2) is 11.7 Å². The van der Waals surface area contributed by atoms with E-state index in [4.69, 9.17) is 4.52 Å². The summed E-state index contributed by atoms with van der Waals surface area (Å²) in [4.78, 5) is 8.53. The van der Waals surface area contributed by atoms with Crippen molar-refractivity contribution in [2.75, 3.05) is 13.6 Å². The zero-order valence-corrected chi connectivity index (χ0v) is 17.5. The molecule has 0 spiro atoms. The third-order valence-electron chi connectivity index (χ3n) is 4.03. The molecule has 0 aliphatic rings. The van der Waals surface area contributed by atoms with Crippen LogP contribution in [0.15, 0.2) is 40.0 Å². The quantitative estimate of drug-likeness (QED) is 0.361. The summed E-state index contributed by atoms with van der Waals surface area (Å²) in [5.41, 5.74) is 2.10. The van der Waals surface area contributed by atoms with E-state index < -0.39 is 0 Å². The second-order valence-electron chi connectivity index (χ2n) is 5.66. The number of hydrogen-bond donors (Lipinski definition) is 2. The van der Waals surface area contributed by atoms with Crippen molar-refractivity contribution >= 4 is 29.9 Å². The number of aliphatic imine (C=N–C) groups is 1. The molecule has 25 heavy (non-hydrogen) atoms. The first-order chi connectivity index (χ1) is 11.8. The molecule has 0 radical (unpaired) electrons. The zero-order valence-electron chi connectivity index (χ0n) is 15.2. The third kappa shape index (κ3) is 7.01. The summed E-state index contributed by atoms with van der Waals surface area (Å²) >= 11 is 0. The van der Waals surface area contributed by atoms with Gasteiger partial charge in [-0.25, -0.2) is 0 Å². The summed E-state index contributed by atoms with van der Waals surface area (Å²) in [5, 5.41) is 10.7. The summed E-state index contributed by atoms with van der Waals surface area (Å²) in [6.45, 7) is 5.69. The van der Waals surface area contributed by atoms with Crippen LogP contribution in [0, 0.1) is 0 Å². The topological polar surface area (TPSA) is 75.3 Å². The molecule has 0 unspecified atom stereocenters. The fourth-order valence-corrected chi connectivity index (χ4v) is 2.56. The largest absolute Gasteiger partial charge is 0.359 e. The number of nitrogens with one attached hydrogen (secondary N) is 2. The molecule has 0 saturated carbocycles. The fourth-order valence-electron chi connectivity index (χ4n) is 2.56. The predicted octanol–water partition coefficient (Wildman–Crippen LogP) is 3.50. The lowest BCUT2D eigenvalue weighted by Crippen LogP contribution is -2.37. The van der Waals surface area contributed by atoms with Gasteiger partial charge in [0.1, 0.15) is 0 Å². The van der Waals surface area contributed by atoms with Crippen molar-refractivity contribution in [2.45, 2.75) is 45.6 Å². The van der Waals surface area contributed by atoms with Gasteiger partial charge in [-0.2, -0.15) is 0 Å². The Morgan fingerprint density at radius 2 is 2.04 bits per heavy atom. The summed E-state index contributed by atoms with van der Waals surface area (Å²) in [5.74, 6) is 2.04. The van der Waals surface area contributed by atoms with E-state index in [2.05, 4.69) is 39.6 Å². The maximum Gasteiger partial charge on any atom is 0.191 e. The van der Waals surface area contributed by atoms with Crippen molar-refractivity contribution in [1.82, 2.24) is 20.8 Å². The molecule has 2 rings (SSSR count). The van der Waals surface area contributed by atoms with Crippen LogP contribution in [0.1, 0.15) is 49.8 Å². The number of nitrogens with zero attached hydrogens (tertiary/aromatic N) is 3. The third-order valence-corrected chi connectivity index (χ3v) is 4.03. The Morgan fingerprint density at radius 3 is 2.68 bits per heavy atom. The molecule has 2 aromatic heterocycles. The minimum Gasteiger partial charge on any atom is -0.359 e. The van der Waals surface area contributed by atoms with E-state index in [1.165, 1.54) is 0 Å². The van der Waals surface area contributed by atoms with Gasteiger partial charge in [-0.1, -0.05) is 25.1 Å². The van der Waals surface area contributed by atoms with Crippen molar-refractivity contribution in [3.63, 3.8) is 0 Å². The predicted molar refractivity (Wildman–Crippen MR) is 111 cm³/mol. The van der Waals surface area contributed by atoms with E-state index in [0.717, 1.165) is 48.9 Å². The minimum atomic E-state index is 0. The Kier molecular flexibility index (Phi) is 10.1. The van der Waals surface area contributed by atoms with Crippen LogP contribution in [-0.4, -0.2) is 29.7 Å². The van der Waals surface area contributed by atoms with Crippen LogP contribution in [0.25, 0.3) is 0 Å². The van der Waals surface area contributed by atoms with Crippen molar-refractivity contribution in [1.29, 1.82) is 0 Å². The van der Waals surface area contributed by atoms with E-state index in [0.29, 0.717) is 12.5 Å². The number of guanidine groups is 1. The molecule has 2 N–H and O–H groups in total. The Bertz CT molecular complexity index is 625. The Labute approximate surface area is 166 Å². The second kappa shape index (κ2) is 11.8. The van der Waals surface area contributed by atoms with Gasteiger partial charge in [0.2, 0.25) is 0 Å². The Morgan fingerprint density at radius 1 is 1.24 bits per heavy atom. The summed E-state index contributed by atoms with van der Waals surface area (Å²) < 4.78 is 5.41. The SMILES string of the molecule is CCC(CC)c1cc(CNC(=NC)NCCc2ccccn2)on1.I. The summed E-state index contributed by atoms with van der Waals surface area (Å²) in [6, 6.07) is 7.97. The van der Waals surface area contributed by atoms with Crippen LogP contribution in [-0.2, 0) is 13.0 Å². The monoisotopic (exact) mass is 457 g/mol. The maximum atomic E-state index is 5.41. The maximum absolute atomic E-state index is 5.41. The van der Waals surface area contributed by atoms with Gasteiger partial charge in [-0.3, -0.25) is 9.98 Å². The molecule has 2 aromatic rings. The highest BCUT2D eigenvalue weighted by atomic mass is 127. The zero-order chi connectivity index (χ0) is 17.2. The molecule has 0 atom stereocenters. The van der Waals surface area contributed by atoms with E-state index in [1.807, 2.05) is 30.5 Å². The molecule has 0 fully saturated rings. The van der Waals surface area contributed by atoms with Gasteiger partial charge >= 0.3 is 0 Å². The molecule has 0 aromatic carbocycles. The molecule has 0 saturated heterocycles. The van der Waals surface area contributed by atoms with Crippen molar-refractivity contribution in [3.8, 4) is 0 Å². The van der Waals surface area contributed by atoms with Crippen LogP contribution in [0.3, 0.4) is 0 Å². The van der Waals surface area contributed by atoms with Crippen molar-refractivity contribution in [2.24, 2.45) is 4.99 Å². The van der Waals surface area contributed by atoms with Gasteiger partial charge in [-0.05, 0) is 25.0 Å². The first kappa shape index (κ1) is 21.4. The number of rotatable bonds is 8. The van der Waals surface area contributed by atoms with E-state index >= 15 is 0 Å². The van der Waals surface area contributed by atoms with Crippen LogP contribution in [0.2, 0.25) is 0 Å². The number of aromatic nitrogens is 2. The Balaban J connectivity index is 0.00000312. The van der Waals surface area contributed by atoms with Gasteiger partial charge in [0.25, 0.3) is 0 Å². The highest BCUT2D eigenvalue weighted by Crippen LogP contribution is 2.22. The van der Waals surface area contributed by atoms with Gasteiger partial charge < -0.3 is 15.2 Å². The number of halogens is 1. The number of hydrogen-bond acceptors (Lipinski definition) is 4. The lowest BCUT2D eigenvalue weighted by Gasteiger charge is -2.10. The molecule has 138 valence electrons. The normalized spacial score (nSPS) is 11.3. The summed E-state index contributed by atoms with van der Waals surface area (Å²) in [6.07, 6.45) is 4.81. The summed E-state index contributed by atoms with van der Waals surface area (Å²) in [7, 11) is 1.76. The van der Waals surface area contributed by atoms with Crippen LogP contribution >= 0.6 is 24.0 Å².